The summed E-state index contributed by atoms with van der Waals surface area (Å²) < 4.78 is 1.87. The van der Waals surface area contributed by atoms with Gasteiger partial charge in [-0.3, -0.25) is 9.67 Å². The van der Waals surface area contributed by atoms with Crippen molar-refractivity contribution in [2.24, 2.45) is 7.05 Å². The smallest absolute Gasteiger partial charge is 0.134 e. The summed E-state index contributed by atoms with van der Waals surface area (Å²) in [5, 5.41) is 11.3. The first kappa shape index (κ1) is 18.4. The Balaban J connectivity index is 1.41. The molecule has 3 aromatic heterocycles. The van der Waals surface area contributed by atoms with Gasteiger partial charge in [-0.2, -0.15) is 5.10 Å². The van der Waals surface area contributed by atoms with Crippen LogP contribution in [0.3, 0.4) is 0 Å². The molecule has 0 aliphatic carbocycles. The van der Waals surface area contributed by atoms with Crippen LogP contribution in [-0.2, 0) is 13.6 Å². The third-order valence-corrected chi connectivity index (χ3v) is 5.13. The van der Waals surface area contributed by atoms with Crippen LogP contribution < -0.4 is 15.5 Å². The normalized spacial score (nSPS) is 16.5. The molecule has 2 N–H and O–H groups in total. The second-order valence-corrected chi connectivity index (χ2v) is 7.04. The maximum atomic E-state index is 4.63. The molecule has 1 fully saturated rings. The number of rotatable bonds is 7. The highest BCUT2D eigenvalue weighted by molar-refractivity contribution is 5.61. The molecule has 1 aliphatic heterocycles. The molecule has 3 aromatic rings. The molecule has 1 atom stereocenters. The molecule has 0 saturated carbocycles. The van der Waals surface area contributed by atoms with E-state index in [9.17, 15) is 0 Å². The molecule has 8 heteroatoms. The summed E-state index contributed by atoms with van der Waals surface area (Å²) in [5.41, 5.74) is 3.29. The van der Waals surface area contributed by atoms with Crippen molar-refractivity contribution in [3.63, 3.8) is 0 Å². The van der Waals surface area contributed by atoms with E-state index in [1.807, 2.05) is 37.0 Å². The molecule has 0 aromatic carbocycles. The van der Waals surface area contributed by atoms with Crippen molar-refractivity contribution < 1.29 is 0 Å². The molecule has 0 spiro atoms. The summed E-state index contributed by atoms with van der Waals surface area (Å²) in [5.74, 6) is 1.84. The Bertz CT molecular complexity index is 908. The van der Waals surface area contributed by atoms with Crippen LogP contribution in [-0.4, -0.2) is 50.9 Å². The van der Waals surface area contributed by atoms with Gasteiger partial charge in [-0.25, -0.2) is 9.97 Å². The van der Waals surface area contributed by atoms with Crippen molar-refractivity contribution in [2.75, 3.05) is 30.4 Å². The first-order chi connectivity index (χ1) is 13.7. The summed E-state index contributed by atoms with van der Waals surface area (Å²) >= 11 is 0. The van der Waals surface area contributed by atoms with E-state index in [0.717, 1.165) is 48.9 Å². The fraction of sp³-hybridized carbons (Fsp3) is 0.400. The molecule has 8 nitrogen and oxygen atoms in total. The number of aryl methyl sites for hydroxylation is 1. The van der Waals surface area contributed by atoms with Crippen LogP contribution >= 0.6 is 0 Å². The lowest BCUT2D eigenvalue weighted by molar-refractivity contribution is 0.571. The molecule has 1 unspecified atom stereocenters. The molecule has 4 rings (SSSR count). The van der Waals surface area contributed by atoms with Gasteiger partial charge in [0.05, 0.1) is 5.69 Å². The maximum Gasteiger partial charge on any atom is 0.134 e. The van der Waals surface area contributed by atoms with Crippen molar-refractivity contribution >= 4 is 11.6 Å². The molecule has 0 radical (unpaired) electrons. The number of hydrogen-bond donors (Lipinski definition) is 2. The third-order valence-electron chi connectivity index (χ3n) is 5.13. The van der Waals surface area contributed by atoms with Crippen LogP contribution in [0.25, 0.3) is 11.3 Å². The van der Waals surface area contributed by atoms with Crippen LogP contribution in [0.1, 0.15) is 18.4 Å². The quantitative estimate of drug-likeness (QED) is 0.651. The molecular weight excluding hydrogens is 352 g/mol. The van der Waals surface area contributed by atoms with Gasteiger partial charge in [-0.1, -0.05) is 0 Å². The number of nitrogens with one attached hydrogen (secondary N) is 2. The van der Waals surface area contributed by atoms with Gasteiger partial charge >= 0.3 is 0 Å². The van der Waals surface area contributed by atoms with Crippen molar-refractivity contribution in [3.8, 4) is 11.3 Å². The Kier molecular flexibility index (Phi) is 5.48. The first-order valence-corrected chi connectivity index (χ1v) is 9.64. The lowest BCUT2D eigenvalue weighted by Crippen LogP contribution is -2.38. The highest BCUT2D eigenvalue weighted by atomic mass is 15.3. The van der Waals surface area contributed by atoms with Crippen LogP contribution in [0.2, 0.25) is 0 Å². The summed E-state index contributed by atoms with van der Waals surface area (Å²) in [6, 6.07) is 6.44. The number of nitrogens with zero attached hydrogens (tertiary/aromatic N) is 6. The maximum absolute atomic E-state index is 4.63. The average molecular weight is 378 g/mol. The minimum atomic E-state index is 0.431. The summed E-state index contributed by atoms with van der Waals surface area (Å²) in [6.45, 7) is 2.71. The van der Waals surface area contributed by atoms with E-state index in [-0.39, 0.29) is 0 Å². The molecule has 0 bridgehead atoms. The van der Waals surface area contributed by atoms with E-state index in [1.54, 1.807) is 18.7 Å². The Morgan fingerprint density at radius 2 is 2.07 bits per heavy atom. The topological polar surface area (TPSA) is 83.8 Å². The van der Waals surface area contributed by atoms with Crippen molar-refractivity contribution in [2.45, 2.75) is 25.4 Å². The van der Waals surface area contributed by atoms with Gasteiger partial charge < -0.3 is 15.5 Å². The fourth-order valence-corrected chi connectivity index (χ4v) is 3.78. The van der Waals surface area contributed by atoms with E-state index >= 15 is 0 Å². The zero-order chi connectivity index (χ0) is 19.3. The molecule has 28 heavy (non-hydrogen) atoms. The van der Waals surface area contributed by atoms with Crippen molar-refractivity contribution in [1.29, 1.82) is 0 Å². The van der Waals surface area contributed by atoms with Crippen LogP contribution in [0.15, 0.2) is 43.1 Å². The molecule has 146 valence electrons. The second-order valence-electron chi connectivity index (χ2n) is 7.04. The minimum Gasteiger partial charge on any atom is -0.373 e. The van der Waals surface area contributed by atoms with Gasteiger partial charge in [0.1, 0.15) is 18.0 Å². The summed E-state index contributed by atoms with van der Waals surface area (Å²) in [6.07, 6.45) is 9.66. The lowest BCUT2D eigenvalue weighted by Gasteiger charge is -2.26. The largest absolute Gasteiger partial charge is 0.373 e. The predicted octanol–water partition coefficient (Wildman–Crippen LogP) is 2.07. The van der Waals surface area contributed by atoms with Gasteiger partial charge in [0.2, 0.25) is 0 Å². The van der Waals surface area contributed by atoms with E-state index in [2.05, 4.69) is 41.8 Å². The number of pyridine rings is 1. The monoisotopic (exact) mass is 378 g/mol. The Labute approximate surface area is 165 Å². The number of hydrogen-bond acceptors (Lipinski definition) is 7. The second kappa shape index (κ2) is 8.35. The Morgan fingerprint density at radius 1 is 1.21 bits per heavy atom. The highest BCUT2D eigenvalue weighted by Crippen LogP contribution is 2.25. The van der Waals surface area contributed by atoms with E-state index in [1.165, 1.54) is 12.0 Å². The highest BCUT2D eigenvalue weighted by Gasteiger charge is 2.25. The predicted molar refractivity (Wildman–Crippen MR) is 110 cm³/mol. The summed E-state index contributed by atoms with van der Waals surface area (Å²) in [7, 11) is 3.84. The van der Waals surface area contributed by atoms with Gasteiger partial charge in [0.25, 0.3) is 0 Å². The molecule has 1 aliphatic rings. The third kappa shape index (κ3) is 3.96. The van der Waals surface area contributed by atoms with Crippen molar-refractivity contribution in [1.82, 2.24) is 30.0 Å². The molecule has 1 saturated heterocycles. The molecular formula is C20H26N8. The number of anilines is 2. The lowest BCUT2D eigenvalue weighted by atomic mass is 10.1. The van der Waals surface area contributed by atoms with E-state index in [0.29, 0.717) is 6.04 Å². The zero-order valence-corrected chi connectivity index (χ0v) is 16.3. The van der Waals surface area contributed by atoms with E-state index in [4.69, 9.17) is 0 Å². The SMILES string of the molecule is CNc1cc(N2CCCC2CNCc2cn(C)nc2-c2ccncc2)ncn1. The van der Waals surface area contributed by atoms with Gasteiger partial charge in [-0.15, -0.1) is 0 Å². The standard InChI is InChI=1S/C20H26N8/c1-21-18-10-19(25-14-24-18)28-9-3-4-17(28)12-23-11-16-13-27(2)26-20(16)15-5-7-22-8-6-15/h5-8,10,13-14,17,23H,3-4,9,11-12H2,1-2H3,(H,21,24,25). The molecule has 4 heterocycles. The summed E-state index contributed by atoms with van der Waals surface area (Å²) in [4.78, 5) is 15.2. The van der Waals surface area contributed by atoms with Gasteiger partial charge in [-0.05, 0) is 25.0 Å². The molecule has 0 amide bonds. The van der Waals surface area contributed by atoms with Crippen molar-refractivity contribution in [3.05, 3.63) is 48.7 Å². The van der Waals surface area contributed by atoms with Gasteiger partial charge in [0.15, 0.2) is 0 Å². The van der Waals surface area contributed by atoms with E-state index < -0.39 is 0 Å². The first-order valence-electron chi connectivity index (χ1n) is 9.64. The van der Waals surface area contributed by atoms with Crippen LogP contribution in [0.4, 0.5) is 11.6 Å². The van der Waals surface area contributed by atoms with Crippen LogP contribution in [0, 0.1) is 0 Å². The zero-order valence-electron chi connectivity index (χ0n) is 16.3. The Morgan fingerprint density at radius 3 is 2.89 bits per heavy atom. The van der Waals surface area contributed by atoms with Gasteiger partial charge in [0, 0.05) is 75.6 Å². The van der Waals surface area contributed by atoms with Crippen LogP contribution in [0.5, 0.6) is 0 Å². The Hall–Kier alpha value is -3.00. The minimum absolute atomic E-state index is 0.431. The average Bonchev–Trinajstić information content (AvgIpc) is 3.35. The fourth-order valence-electron chi connectivity index (χ4n) is 3.78. The number of aromatic nitrogens is 5.